The lowest BCUT2D eigenvalue weighted by atomic mass is 10.1. The van der Waals surface area contributed by atoms with E-state index in [1.807, 2.05) is 35.7 Å². The average Bonchev–Trinajstić information content (AvgIpc) is 3.32. The molecule has 5 nitrogen and oxygen atoms in total. The number of ether oxygens (including phenoxy) is 1. The fourth-order valence-corrected chi connectivity index (χ4v) is 3.78. The van der Waals surface area contributed by atoms with Crippen molar-refractivity contribution in [2.24, 2.45) is 0 Å². The smallest absolute Gasteiger partial charge is 0.178 e. The molecule has 30 heavy (non-hydrogen) atoms. The molecule has 0 aliphatic carbocycles. The zero-order valence-electron chi connectivity index (χ0n) is 16.3. The van der Waals surface area contributed by atoms with Gasteiger partial charge >= 0.3 is 0 Å². The molecule has 0 amide bonds. The summed E-state index contributed by atoms with van der Waals surface area (Å²) in [6, 6.07) is 15.7. The molecule has 0 unspecified atom stereocenters. The van der Waals surface area contributed by atoms with Gasteiger partial charge in [0.1, 0.15) is 34.2 Å². The molecule has 0 spiro atoms. The molecular formula is C22H22ClFN2O3S. The summed E-state index contributed by atoms with van der Waals surface area (Å²) in [5.41, 5.74) is 2.34. The van der Waals surface area contributed by atoms with E-state index in [1.165, 1.54) is 12.1 Å². The van der Waals surface area contributed by atoms with Gasteiger partial charge in [-0.1, -0.05) is 29.4 Å². The predicted octanol–water partition coefficient (Wildman–Crippen LogP) is 5.04. The van der Waals surface area contributed by atoms with E-state index in [9.17, 15) is 9.50 Å². The molecule has 4 rings (SSSR count). The summed E-state index contributed by atoms with van der Waals surface area (Å²) >= 11 is 1.58. The van der Waals surface area contributed by atoms with Crippen LogP contribution in [-0.4, -0.2) is 29.0 Å². The van der Waals surface area contributed by atoms with Crippen molar-refractivity contribution in [3.05, 3.63) is 71.4 Å². The standard InChI is InChI=1S/C22H21FN2O3S.ClH/c1-22(26,13-24-12-15-5-7-17(23)8-6-15)14-27-18-4-2-3-16(11-18)20-21-19(28-25-20)9-10-29-21;/h2-11,24,26H,12-14H2,1H3;1H/t22-;/m0./s1. The maximum Gasteiger partial charge on any atom is 0.178 e. The zero-order valence-corrected chi connectivity index (χ0v) is 17.9. The normalized spacial score (nSPS) is 13.0. The van der Waals surface area contributed by atoms with Crippen LogP contribution in [-0.2, 0) is 6.54 Å². The van der Waals surface area contributed by atoms with Gasteiger partial charge in [-0.3, -0.25) is 0 Å². The van der Waals surface area contributed by atoms with E-state index in [4.69, 9.17) is 9.26 Å². The Morgan fingerprint density at radius 1 is 1.20 bits per heavy atom. The van der Waals surface area contributed by atoms with E-state index >= 15 is 0 Å². The first-order valence-corrected chi connectivity index (χ1v) is 10.1. The maximum atomic E-state index is 13.0. The van der Waals surface area contributed by atoms with E-state index in [1.54, 1.807) is 30.4 Å². The molecule has 158 valence electrons. The lowest BCUT2D eigenvalue weighted by Crippen LogP contribution is -2.42. The van der Waals surface area contributed by atoms with Gasteiger partial charge in [-0.05, 0) is 48.2 Å². The van der Waals surface area contributed by atoms with E-state index in [-0.39, 0.29) is 24.8 Å². The van der Waals surface area contributed by atoms with Crippen LogP contribution in [0.3, 0.4) is 0 Å². The van der Waals surface area contributed by atoms with Crippen molar-refractivity contribution in [1.82, 2.24) is 10.5 Å². The Morgan fingerprint density at radius 3 is 2.80 bits per heavy atom. The van der Waals surface area contributed by atoms with Crippen LogP contribution in [0.5, 0.6) is 5.75 Å². The van der Waals surface area contributed by atoms with Crippen LogP contribution in [0, 0.1) is 5.82 Å². The number of aliphatic hydroxyl groups is 1. The van der Waals surface area contributed by atoms with Crippen LogP contribution < -0.4 is 10.1 Å². The molecular weight excluding hydrogens is 427 g/mol. The van der Waals surface area contributed by atoms with Crippen LogP contribution >= 0.6 is 23.7 Å². The van der Waals surface area contributed by atoms with Crippen molar-refractivity contribution in [3.8, 4) is 17.0 Å². The molecule has 0 bridgehead atoms. The fraction of sp³-hybridized carbons (Fsp3) is 0.227. The largest absolute Gasteiger partial charge is 0.491 e. The molecule has 1 atom stereocenters. The number of benzene rings is 2. The fourth-order valence-electron chi connectivity index (χ4n) is 2.96. The number of hydrogen-bond donors (Lipinski definition) is 2. The highest BCUT2D eigenvalue weighted by molar-refractivity contribution is 7.17. The van der Waals surface area contributed by atoms with Gasteiger partial charge in [0.2, 0.25) is 0 Å². The summed E-state index contributed by atoms with van der Waals surface area (Å²) in [5.74, 6) is 0.385. The van der Waals surface area contributed by atoms with Gasteiger partial charge in [0, 0.05) is 18.7 Å². The molecule has 0 aliphatic heterocycles. The Kier molecular flexibility index (Phi) is 7.10. The number of hydrogen-bond acceptors (Lipinski definition) is 6. The lowest BCUT2D eigenvalue weighted by molar-refractivity contribution is 0.0121. The summed E-state index contributed by atoms with van der Waals surface area (Å²) in [4.78, 5) is 0. The first kappa shape index (κ1) is 22.2. The van der Waals surface area contributed by atoms with Crippen molar-refractivity contribution in [3.63, 3.8) is 0 Å². The van der Waals surface area contributed by atoms with Crippen LogP contribution in [0.4, 0.5) is 4.39 Å². The summed E-state index contributed by atoms with van der Waals surface area (Å²) in [5, 5.41) is 19.9. The highest BCUT2D eigenvalue weighted by atomic mass is 35.5. The molecule has 2 heterocycles. The summed E-state index contributed by atoms with van der Waals surface area (Å²) in [6.45, 7) is 2.71. The van der Waals surface area contributed by atoms with Crippen molar-refractivity contribution in [2.45, 2.75) is 19.1 Å². The lowest BCUT2D eigenvalue weighted by Gasteiger charge is -2.24. The minimum atomic E-state index is -1.06. The highest BCUT2D eigenvalue weighted by Crippen LogP contribution is 2.33. The van der Waals surface area contributed by atoms with Crippen molar-refractivity contribution >= 4 is 34.0 Å². The number of aromatic nitrogens is 1. The van der Waals surface area contributed by atoms with E-state index in [0.717, 1.165) is 27.1 Å². The molecule has 2 N–H and O–H groups in total. The minimum Gasteiger partial charge on any atom is -0.491 e. The molecule has 8 heteroatoms. The number of halogens is 2. The van der Waals surface area contributed by atoms with Crippen molar-refractivity contribution < 1.29 is 18.8 Å². The minimum absolute atomic E-state index is 0. The van der Waals surface area contributed by atoms with Gasteiger partial charge in [0.05, 0.1) is 0 Å². The third-order valence-corrected chi connectivity index (χ3v) is 5.39. The third kappa shape index (κ3) is 5.37. The number of nitrogens with one attached hydrogen (secondary N) is 1. The molecule has 4 aromatic rings. The van der Waals surface area contributed by atoms with Crippen LogP contribution in [0.25, 0.3) is 21.5 Å². The highest BCUT2D eigenvalue weighted by Gasteiger charge is 2.21. The Hall–Kier alpha value is -2.45. The van der Waals surface area contributed by atoms with Crippen molar-refractivity contribution in [2.75, 3.05) is 13.2 Å². The first-order chi connectivity index (χ1) is 14.0. The second-order valence-electron chi connectivity index (χ2n) is 7.19. The molecule has 2 aromatic heterocycles. The van der Waals surface area contributed by atoms with Crippen LogP contribution in [0.1, 0.15) is 12.5 Å². The summed E-state index contributed by atoms with van der Waals surface area (Å²) < 4.78 is 25.1. The predicted molar refractivity (Wildman–Crippen MR) is 119 cm³/mol. The van der Waals surface area contributed by atoms with E-state index in [2.05, 4.69) is 10.5 Å². The van der Waals surface area contributed by atoms with Gasteiger partial charge in [-0.15, -0.1) is 23.7 Å². The summed E-state index contributed by atoms with van der Waals surface area (Å²) in [7, 11) is 0. The number of thiophene rings is 1. The Bertz CT molecular complexity index is 1100. The quantitative estimate of drug-likeness (QED) is 0.395. The number of rotatable bonds is 8. The van der Waals surface area contributed by atoms with Crippen LogP contribution in [0.2, 0.25) is 0 Å². The summed E-state index contributed by atoms with van der Waals surface area (Å²) in [6.07, 6.45) is 0. The first-order valence-electron chi connectivity index (χ1n) is 9.24. The third-order valence-electron chi connectivity index (χ3n) is 4.48. The maximum absolute atomic E-state index is 13.0. The SMILES string of the molecule is C[C@](O)(CNCc1ccc(F)cc1)COc1cccc(-c2noc3ccsc23)c1.Cl. The van der Waals surface area contributed by atoms with Crippen LogP contribution in [0.15, 0.2) is 64.5 Å². The molecule has 0 fully saturated rings. The second-order valence-corrected chi connectivity index (χ2v) is 8.10. The Morgan fingerprint density at radius 2 is 2.00 bits per heavy atom. The number of fused-ring (bicyclic) bond motifs is 1. The van der Waals surface area contributed by atoms with Crippen molar-refractivity contribution in [1.29, 1.82) is 0 Å². The van der Waals surface area contributed by atoms with Gasteiger partial charge in [-0.2, -0.15) is 0 Å². The van der Waals surface area contributed by atoms with Gasteiger partial charge in [-0.25, -0.2) is 4.39 Å². The van der Waals surface area contributed by atoms with E-state index < -0.39 is 5.60 Å². The molecule has 0 saturated heterocycles. The monoisotopic (exact) mass is 448 g/mol. The number of nitrogens with zero attached hydrogens (tertiary/aromatic N) is 1. The Labute approximate surface area is 183 Å². The van der Waals surface area contributed by atoms with Gasteiger partial charge in [0.15, 0.2) is 5.58 Å². The second kappa shape index (κ2) is 9.57. The topological polar surface area (TPSA) is 67.5 Å². The molecule has 2 aromatic carbocycles. The van der Waals surface area contributed by atoms with Gasteiger partial charge < -0.3 is 19.7 Å². The molecule has 0 aliphatic rings. The Balaban J connectivity index is 0.00000256. The zero-order chi connectivity index (χ0) is 20.3. The van der Waals surface area contributed by atoms with Gasteiger partial charge in [0.25, 0.3) is 0 Å². The molecule has 0 saturated carbocycles. The van der Waals surface area contributed by atoms with E-state index in [0.29, 0.717) is 18.8 Å². The molecule has 0 radical (unpaired) electrons. The average molecular weight is 449 g/mol.